The third-order valence-electron chi connectivity index (χ3n) is 4.14. The van der Waals surface area contributed by atoms with Crippen LogP contribution in [-0.4, -0.2) is 45.9 Å². The van der Waals surface area contributed by atoms with Crippen molar-refractivity contribution >= 4 is 18.3 Å². The van der Waals surface area contributed by atoms with Gasteiger partial charge in [-0.25, -0.2) is 0 Å². The van der Waals surface area contributed by atoms with Gasteiger partial charge in [0.05, 0.1) is 18.6 Å². The smallest absolute Gasteiger partial charge is 0.228 e. The SMILES string of the molecule is COCC1(C(=O)NCCOc2ccc(C)cc2)CCNCC1.Cl. The summed E-state index contributed by atoms with van der Waals surface area (Å²) in [4.78, 5) is 12.5. The van der Waals surface area contributed by atoms with Gasteiger partial charge in [-0.05, 0) is 45.0 Å². The highest BCUT2D eigenvalue weighted by Crippen LogP contribution is 2.29. The molecule has 0 spiro atoms. The first-order valence-electron chi connectivity index (χ1n) is 7.84. The fraction of sp³-hybridized carbons (Fsp3) is 0.588. The zero-order valence-electron chi connectivity index (χ0n) is 13.9. The summed E-state index contributed by atoms with van der Waals surface area (Å²) in [6.07, 6.45) is 1.62. The van der Waals surface area contributed by atoms with Gasteiger partial charge in [-0.1, -0.05) is 17.7 Å². The van der Waals surface area contributed by atoms with E-state index in [0.29, 0.717) is 19.8 Å². The lowest BCUT2D eigenvalue weighted by atomic mass is 9.78. The Morgan fingerprint density at radius 2 is 1.91 bits per heavy atom. The molecule has 23 heavy (non-hydrogen) atoms. The average molecular weight is 343 g/mol. The molecule has 0 atom stereocenters. The van der Waals surface area contributed by atoms with E-state index in [2.05, 4.69) is 10.6 Å². The van der Waals surface area contributed by atoms with Crippen molar-refractivity contribution in [3.63, 3.8) is 0 Å². The Morgan fingerprint density at radius 1 is 1.26 bits per heavy atom. The molecule has 2 N–H and O–H groups in total. The van der Waals surface area contributed by atoms with E-state index in [4.69, 9.17) is 9.47 Å². The van der Waals surface area contributed by atoms with E-state index in [1.54, 1.807) is 7.11 Å². The van der Waals surface area contributed by atoms with Crippen LogP contribution in [-0.2, 0) is 9.53 Å². The summed E-state index contributed by atoms with van der Waals surface area (Å²) in [6.45, 7) is 5.20. The number of aryl methyl sites for hydroxylation is 1. The van der Waals surface area contributed by atoms with Crippen LogP contribution in [0.3, 0.4) is 0 Å². The summed E-state index contributed by atoms with van der Waals surface area (Å²) in [5.41, 5.74) is 0.803. The Labute approximate surface area is 144 Å². The van der Waals surface area contributed by atoms with E-state index in [1.807, 2.05) is 31.2 Å². The second-order valence-electron chi connectivity index (χ2n) is 5.88. The van der Waals surface area contributed by atoms with Crippen LogP contribution < -0.4 is 15.4 Å². The second-order valence-corrected chi connectivity index (χ2v) is 5.88. The maximum absolute atomic E-state index is 12.5. The van der Waals surface area contributed by atoms with Crippen LogP contribution in [0.1, 0.15) is 18.4 Å². The van der Waals surface area contributed by atoms with Crippen molar-refractivity contribution in [2.75, 3.05) is 40.0 Å². The molecule has 2 rings (SSSR count). The zero-order chi connectivity index (χ0) is 15.8. The van der Waals surface area contributed by atoms with E-state index >= 15 is 0 Å². The number of ether oxygens (including phenoxy) is 2. The standard InChI is InChI=1S/C17H26N2O3.ClH/c1-14-3-5-15(6-4-14)22-12-11-19-16(20)17(13-21-2)7-9-18-10-8-17;/h3-6,18H,7-13H2,1-2H3,(H,19,20);1H. The number of amides is 1. The topological polar surface area (TPSA) is 59.6 Å². The molecule has 1 heterocycles. The summed E-state index contributed by atoms with van der Waals surface area (Å²) in [7, 11) is 1.65. The quantitative estimate of drug-likeness (QED) is 0.743. The van der Waals surface area contributed by atoms with Crippen molar-refractivity contribution in [2.45, 2.75) is 19.8 Å². The summed E-state index contributed by atoms with van der Waals surface area (Å²) >= 11 is 0. The Bertz CT molecular complexity index is 468. The fourth-order valence-electron chi connectivity index (χ4n) is 2.77. The minimum Gasteiger partial charge on any atom is -0.492 e. The lowest BCUT2D eigenvalue weighted by Gasteiger charge is -2.35. The van der Waals surface area contributed by atoms with Gasteiger partial charge in [0, 0.05) is 7.11 Å². The number of hydrogen-bond donors (Lipinski definition) is 2. The predicted octanol–water partition coefficient (Wildman–Crippen LogP) is 1.93. The molecule has 1 fully saturated rings. The molecule has 1 aliphatic heterocycles. The van der Waals surface area contributed by atoms with Gasteiger partial charge in [0.2, 0.25) is 5.91 Å². The van der Waals surface area contributed by atoms with Crippen LogP contribution in [0, 0.1) is 12.3 Å². The van der Waals surface area contributed by atoms with Crippen molar-refractivity contribution in [3.8, 4) is 5.75 Å². The van der Waals surface area contributed by atoms with Gasteiger partial charge in [0.1, 0.15) is 12.4 Å². The third-order valence-corrected chi connectivity index (χ3v) is 4.14. The minimum atomic E-state index is -0.399. The van der Waals surface area contributed by atoms with Crippen molar-refractivity contribution in [2.24, 2.45) is 5.41 Å². The average Bonchev–Trinajstić information content (AvgIpc) is 2.54. The van der Waals surface area contributed by atoms with E-state index in [0.717, 1.165) is 31.7 Å². The molecule has 1 aromatic rings. The summed E-state index contributed by atoms with van der Waals surface area (Å²) in [6, 6.07) is 7.90. The molecule has 1 aromatic carbocycles. The molecule has 0 radical (unpaired) electrons. The van der Waals surface area contributed by atoms with E-state index in [9.17, 15) is 4.79 Å². The van der Waals surface area contributed by atoms with E-state index < -0.39 is 5.41 Å². The number of rotatable bonds is 7. The van der Waals surface area contributed by atoms with Gasteiger partial charge in [-0.3, -0.25) is 4.79 Å². The first-order chi connectivity index (χ1) is 10.7. The van der Waals surface area contributed by atoms with Gasteiger partial charge in [-0.15, -0.1) is 12.4 Å². The normalized spacial score (nSPS) is 16.3. The van der Waals surface area contributed by atoms with Gasteiger partial charge in [0.15, 0.2) is 0 Å². The highest BCUT2D eigenvalue weighted by atomic mass is 35.5. The molecule has 1 aliphatic rings. The molecular weight excluding hydrogens is 316 g/mol. The van der Waals surface area contributed by atoms with Crippen molar-refractivity contribution < 1.29 is 14.3 Å². The number of hydrogen-bond acceptors (Lipinski definition) is 4. The van der Waals surface area contributed by atoms with Crippen LogP contribution in [0.15, 0.2) is 24.3 Å². The van der Waals surface area contributed by atoms with Crippen molar-refractivity contribution in [3.05, 3.63) is 29.8 Å². The zero-order valence-corrected chi connectivity index (χ0v) is 14.7. The fourth-order valence-corrected chi connectivity index (χ4v) is 2.77. The summed E-state index contributed by atoms with van der Waals surface area (Å²) in [5, 5.41) is 6.27. The monoisotopic (exact) mass is 342 g/mol. The van der Waals surface area contributed by atoms with Crippen LogP contribution >= 0.6 is 12.4 Å². The van der Waals surface area contributed by atoms with Gasteiger partial charge in [0.25, 0.3) is 0 Å². The number of carbonyl (C=O) groups is 1. The number of methoxy groups -OCH3 is 1. The molecule has 0 saturated carbocycles. The summed E-state index contributed by atoms with van der Waals surface area (Å²) in [5.74, 6) is 0.900. The van der Waals surface area contributed by atoms with Crippen LogP contribution in [0.25, 0.3) is 0 Å². The lowest BCUT2D eigenvalue weighted by Crippen LogP contribution is -2.50. The predicted molar refractivity (Wildman–Crippen MR) is 93.3 cm³/mol. The highest BCUT2D eigenvalue weighted by Gasteiger charge is 2.39. The largest absolute Gasteiger partial charge is 0.492 e. The molecule has 6 heteroatoms. The first kappa shape index (κ1) is 19.7. The molecule has 1 saturated heterocycles. The van der Waals surface area contributed by atoms with Crippen LogP contribution in [0.2, 0.25) is 0 Å². The van der Waals surface area contributed by atoms with Crippen molar-refractivity contribution in [1.29, 1.82) is 0 Å². The summed E-state index contributed by atoms with van der Waals surface area (Å²) < 4.78 is 10.9. The maximum Gasteiger partial charge on any atom is 0.228 e. The Balaban J connectivity index is 0.00000264. The molecular formula is C17H27ClN2O3. The Morgan fingerprint density at radius 3 is 2.52 bits per heavy atom. The van der Waals surface area contributed by atoms with Crippen LogP contribution in [0.5, 0.6) is 5.75 Å². The lowest BCUT2D eigenvalue weighted by molar-refractivity contribution is -0.136. The number of carbonyl (C=O) groups excluding carboxylic acids is 1. The molecule has 5 nitrogen and oxygen atoms in total. The molecule has 0 aromatic heterocycles. The maximum atomic E-state index is 12.5. The third kappa shape index (κ3) is 5.68. The van der Waals surface area contributed by atoms with Crippen molar-refractivity contribution in [1.82, 2.24) is 10.6 Å². The number of piperidine rings is 1. The number of halogens is 1. The molecule has 130 valence electrons. The second kappa shape index (κ2) is 9.75. The van der Waals surface area contributed by atoms with Gasteiger partial charge < -0.3 is 20.1 Å². The minimum absolute atomic E-state index is 0. The molecule has 1 amide bonds. The van der Waals surface area contributed by atoms with E-state index in [-0.39, 0.29) is 18.3 Å². The van der Waals surface area contributed by atoms with Gasteiger partial charge in [-0.2, -0.15) is 0 Å². The van der Waals surface area contributed by atoms with Crippen LogP contribution in [0.4, 0.5) is 0 Å². The molecule has 0 bridgehead atoms. The first-order valence-corrected chi connectivity index (χ1v) is 7.84. The van der Waals surface area contributed by atoms with Gasteiger partial charge >= 0.3 is 0 Å². The molecule has 0 unspecified atom stereocenters. The Hall–Kier alpha value is -1.30. The highest BCUT2D eigenvalue weighted by molar-refractivity contribution is 5.85. The Kier molecular flexibility index (Phi) is 8.37. The number of nitrogens with one attached hydrogen (secondary N) is 2. The molecule has 0 aliphatic carbocycles. The number of benzene rings is 1. The van der Waals surface area contributed by atoms with E-state index in [1.165, 1.54) is 5.56 Å².